The molecule has 0 saturated heterocycles. The van der Waals surface area contributed by atoms with Crippen molar-refractivity contribution in [2.24, 2.45) is 0 Å². The standard InChI is InChI=1S/C13H11F3N2O/c14-13(15,16)19-10-5-3-9(4-6-10)11-8-17-12-2-1-7-18(11)12/h3-6,8H,1-2,7H2. The Bertz CT molecular complexity index is 587. The third-order valence-electron chi connectivity index (χ3n) is 3.10. The lowest BCUT2D eigenvalue weighted by molar-refractivity contribution is -0.274. The highest BCUT2D eigenvalue weighted by atomic mass is 19.4. The van der Waals surface area contributed by atoms with Crippen molar-refractivity contribution in [3.8, 4) is 17.0 Å². The molecule has 0 aliphatic carbocycles. The highest BCUT2D eigenvalue weighted by Crippen LogP contribution is 2.28. The molecule has 3 nitrogen and oxygen atoms in total. The molecule has 1 aliphatic rings. The number of imidazole rings is 1. The Kier molecular flexibility index (Phi) is 2.73. The SMILES string of the molecule is FC(F)(F)Oc1ccc(-c2cnc3n2CCC3)cc1. The van der Waals surface area contributed by atoms with E-state index in [9.17, 15) is 13.2 Å². The van der Waals surface area contributed by atoms with Crippen molar-refractivity contribution in [1.82, 2.24) is 9.55 Å². The summed E-state index contributed by atoms with van der Waals surface area (Å²) in [4.78, 5) is 4.31. The predicted octanol–water partition coefficient (Wildman–Crippen LogP) is 3.39. The van der Waals surface area contributed by atoms with Crippen molar-refractivity contribution in [1.29, 1.82) is 0 Å². The number of benzene rings is 1. The van der Waals surface area contributed by atoms with Crippen LogP contribution in [0.3, 0.4) is 0 Å². The van der Waals surface area contributed by atoms with Crippen LogP contribution in [0.2, 0.25) is 0 Å². The average Bonchev–Trinajstić information content (AvgIpc) is 2.90. The molecule has 0 saturated carbocycles. The Balaban J connectivity index is 1.86. The summed E-state index contributed by atoms with van der Waals surface area (Å²) in [6.07, 6.45) is -0.881. The topological polar surface area (TPSA) is 27.1 Å². The molecule has 2 aromatic rings. The number of halogens is 3. The highest BCUT2D eigenvalue weighted by Gasteiger charge is 2.31. The van der Waals surface area contributed by atoms with Crippen LogP contribution in [0.4, 0.5) is 13.2 Å². The number of fused-ring (bicyclic) bond motifs is 1. The molecular formula is C13H11F3N2O. The fraction of sp³-hybridized carbons (Fsp3) is 0.308. The van der Waals surface area contributed by atoms with E-state index in [1.54, 1.807) is 18.3 Å². The van der Waals surface area contributed by atoms with Gasteiger partial charge in [-0.05, 0) is 30.7 Å². The summed E-state index contributed by atoms with van der Waals surface area (Å²) in [5.41, 5.74) is 1.78. The second-order valence-electron chi connectivity index (χ2n) is 4.39. The summed E-state index contributed by atoms with van der Waals surface area (Å²) in [6.45, 7) is 0.908. The molecule has 0 radical (unpaired) electrons. The summed E-state index contributed by atoms with van der Waals surface area (Å²) >= 11 is 0. The van der Waals surface area contributed by atoms with Crippen LogP contribution >= 0.6 is 0 Å². The molecule has 0 atom stereocenters. The van der Waals surface area contributed by atoms with Gasteiger partial charge in [-0.25, -0.2) is 4.98 Å². The largest absolute Gasteiger partial charge is 0.573 e. The van der Waals surface area contributed by atoms with E-state index < -0.39 is 6.36 Å². The molecule has 0 unspecified atom stereocenters. The molecule has 0 amide bonds. The van der Waals surface area contributed by atoms with Crippen LogP contribution in [0.5, 0.6) is 5.75 Å². The third-order valence-corrected chi connectivity index (χ3v) is 3.10. The number of aryl methyl sites for hydroxylation is 1. The van der Waals surface area contributed by atoms with Crippen LogP contribution in [-0.4, -0.2) is 15.9 Å². The van der Waals surface area contributed by atoms with Crippen molar-refractivity contribution in [3.63, 3.8) is 0 Å². The molecule has 1 aliphatic heterocycles. The smallest absolute Gasteiger partial charge is 0.406 e. The Morgan fingerprint density at radius 1 is 1.16 bits per heavy atom. The van der Waals surface area contributed by atoms with Gasteiger partial charge >= 0.3 is 6.36 Å². The molecule has 6 heteroatoms. The molecule has 0 N–H and O–H groups in total. The Hall–Kier alpha value is -1.98. The summed E-state index contributed by atoms with van der Waals surface area (Å²) in [5, 5.41) is 0. The molecule has 0 fully saturated rings. The van der Waals surface area contributed by atoms with Gasteiger partial charge in [0, 0.05) is 18.5 Å². The van der Waals surface area contributed by atoms with E-state index >= 15 is 0 Å². The fourth-order valence-corrected chi connectivity index (χ4v) is 2.32. The first-order valence-corrected chi connectivity index (χ1v) is 5.93. The van der Waals surface area contributed by atoms with Crippen molar-refractivity contribution in [2.75, 3.05) is 0 Å². The maximum absolute atomic E-state index is 12.1. The predicted molar refractivity (Wildman–Crippen MR) is 62.7 cm³/mol. The zero-order valence-corrected chi connectivity index (χ0v) is 9.94. The molecule has 0 bridgehead atoms. The quantitative estimate of drug-likeness (QED) is 0.834. The van der Waals surface area contributed by atoms with Crippen molar-refractivity contribution in [2.45, 2.75) is 25.7 Å². The normalized spacial score (nSPS) is 14.5. The van der Waals surface area contributed by atoms with Crippen molar-refractivity contribution < 1.29 is 17.9 Å². The summed E-state index contributed by atoms with van der Waals surface area (Å²) in [6, 6.07) is 5.86. The Morgan fingerprint density at radius 2 is 1.89 bits per heavy atom. The van der Waals surface area contributed by atoms with Crippen molar-refractivity contribution >= 4 is 0 Å². The first-order chi connectivity index (χ1) is 9.03. The van der Waals surface area contributed by atoms with Crippen LogP contribution in [0.25, 0.3) is 11.3 Å². The van der Waals surface area contributed by atoms with Gasteiger partial charge < -0.3 is 9.30 Å². The first-order valence-electron chi connectivity index (χ1n) is 5.93. The van der Waals surface area contributed by atoms with Crippen LogP contribution in [0.1, 0.15) is 12.2 Å². The zero-order chi connectivity index (χ0) is 13.5. The number of rotatable bonds is 2. The van der Waals surface area contributed by atoms with Gasteiger partial charge in [0.05, 0.1) is 11.9 Å². The molecule has 1 aromatic heterocycles. The number of hydrogen-bond donors (Lipinski definition) is 0. The van der Waals surface area contributed by atoms with Crippen LogP contribution < -0.4 is 4.74 Å². The van der Waals surface area contributed by atoms with Crippen LogP contribution in [-0.2, 0) is 13.0 Å². The molecule has 3 rings (SSSR count). The van der Waals surface area contributed by atoms with Gasteiger partial charge in [0.25, 0.3) is 0 Å². The van der Waals surface area contributed by atoms with E-state index in [0.29, 0.717) is 0 Å². The lowest BCUT2D eigenvalue weighted by Crippen LogP contribution is -2.16. The Morgan fingerprint density at radius 3 is 2.58 bits per heavy atom. The molecule has 0 spiro atoms. The van der Waals surface area contributed by atoms with E-state index in [2.05, 4.69) is 14.3 Å². The van der Waals surface area contributed by atoms with E-state index in [0.717, 1.165) is 36.5 Å². The molecule has 100 valence electrons. The van der Waals surface area contributed by atoms with Gasteiger partial charge in [-0.1, -0.05) is 0 Å². The Labute approximate surface area is 107 Å². The van der Waals surface area contributed by atoms with Gasteiger partial charge in [-0.3, -0.25) is 0 Å². The minimum atomic E-state index is -4.65. The van der Waals surface area contributed by atoms with Gasteiger partial charge in [-0.2, -0.15) is 0 Å². The molecular weight excluding hydrogens is 257 g/mol. The average molecular weight is 268 g/mol. The summed E-state index contributed by atoms with van der Waals surface area (Å²) in [5.74, 6) is 0.822. The number of aromatic nitrogens is 2. The van der Waals surface area contributed by atoms with Crippen molar-refractivity contribution in [3.05, 3.63) is 36.3 Å². The lowest BCUT2D eigenvalue weighted by Gasteiger charge is -2.09. The van der Waals surface area contributed by atoms with E-state index in [1.165, 1.54) is 12.1 Å². The van der Waals surface area contributed by atoms with Gasteiger partial charge in [0.1, 0.15) is 11.6 Å². The third kappa shape index (κ3) is 2.43. The molecule has 19 heavy (non-hydrogen) atoms. The maximum Gasteiger partial charge on any atom is 0.573 e. The number of hydrogen-bond acceptors (Lipinski definition) is 2. The second-order valence-corrected chi connectivity index (χ2v) is 4.39. The van der Waals surface area contributed by atoms with Crippen LogP contribution in [0.15, 0.2) is 30.5 Å². The minimum Gasteiger partial charge on any atom is -0.406 e. The zero-order valence-electron chi connectivity index (χ0n) is 9.94. The number of ether oxygens (including phenoxy) is 1. The first kappa shape index (κ1) is 12.1. The van der Waals surface area contributed by atoms with Gasteiger partial charge in [-0.15, -0.1) is 13.2 Å². The fourth-order valence-electron chi connectivity index (χ4n) is 2.32. The number of alkyl halides is 3. The van der Waals surface area contributed by atoms with Gasteiger partial charge in [0.2, 0.25) is 0 Å². The van der Waals surface area contributed by atoms with Crippen LogP contribution in [0, 0.1) is 0 Å². The molecule has 2 heterocycles. The highest BCUT2D eigenvalue weighted by molar-refractivity contribution is 5.60. The molecule has 1 aromatic carbocycles. The van der Waals surface area contributed by atoms with E-state index in [4.69, 9.17) is 0 Å². The summed E-state index contributed by atoms with van der Waals surface area (Å²) < 4.78 is 42.1. The second kappa shape index (κ2) is 4.29. The van der Waals surface area contributed by atoms with E-state index in [1.807, 2.05) is 0 Å². The van der Waals surface area contributed by atoms with Gasteiger partial charge in [0.15, 0.2) is 0 Å². The minimum absolute atomic E-state index is 0.211. The number of nitrogens with zero attached hydrogens (tertiary/aromatic N) is 2. The monoisotopic (exact) mass is 268 g/mol. The van der Waals surface area contributed by atoms with E-state index in [-0.39, 0.29) is 5.75 Å². The summed E-state index contributed by atoms with van der Waals surface area (Å²) in [7, 11) is 0. The lowest BCUT2D eigenvalue weighted by atomic mass is 10.1. The maximum atomic E-state index is 12.1.